The summed E-state index contributed by atoms with van der Waals surface area (Å²) < 4.78 is 37.8. The Morgan fingerprint density at radius 2 is 1.40 bits per heavy atom. The summed E-state index contributed by atoms with van der Waals surface area (Å²) in [5.41, 5.74) is 0.0128. The molecule has 180 valence electrons. The summed E-state index contributed by atoms with van der Waals surface area (Å²) in [4.78, 5) is 25.7. The molecule has 0 amide bonds. The van der Waals surface area contributed by atoms with E-state index < -0.39 is 5.97 Å². The van der Waals surface area contributed by atoms with Gasteiger partial charge in [-0.05, 0) is 36.4 Å². The van der Waals surface area contributed by atoms with Gasteiger partial charge in [0.25, 0.3) is 0 Å². The number of hydrogen-bond acceptors (Lipinski definition) is 9. The lowest BCUT2D eigenvalue weighted by molar-refractivity contribution is 0.0734. The molecule has 0 unspecified atom stereocenters. The van der Waals surface area contributed by atoms with Gasteiger partial charge in [-0.25, -0.2) is 4.79 Å². The summed E-state index contributed by atoms with van der Waals surface area (Å²) in [6.07, 6.45) is 1.20. The van der Waals surface area contributed by atoms with Gasteiger partial charge in [0.15, 0.2) is 23.0 Å². The lowest BCUT2D eigenvalue weighted by Crippen LogP contribution is -2.10. The molecule has 3 aromatic carbocycles. The van der Waals surface area contributed by atoms with E-state index in [9.17, 15) is 9.59 Å². The van der Waals surface area contributed by atoms with Crippen LogP contribution in [0.5, 0.6) is 40.2 Å². The molecular weight excluding hydrogens is 456 g/mol. The molecule has 35 heavy (non-hydrogen) atoms. The molecule has 0 radical (unpaired) electrons. The minimum Gasteiger partial charge on any atom is -0.493 e. The topological polar surface area (TPSA) is 103 Å². The maximum atomic E-state index is 12.9. The van der Waals surface area contributed by atoms with E-state index in [4.69, 9.17) is 32.8 Å². The Kier molecular flexibility index (Phi) is 6.77. The van der Waals surface area contributed by atoms with Gasteiger partial charge in [0, 0.05) is 6.07 Å². The molecule has 1 heterocycles. The van der Waals surface area contributed by atoms with Crippen LogP contribution >= 0.6 is 0 Å². The number of ether oxygens (including phenoxy) is 6. The molecule has 0 fully saturated rings. The molecule has 9 nitrogen and oxygen atoms in total. The summed E-state index contributed by atoms with van der Waals surface area (Å²) in [6.45, 7) is 0. The summed E-state index contributed by atoms with van der Waals surface area (Å²) in [5.74, 6) is 1.32. The van der Waals surface area contributed by atoms with Gasteiger partial charge in [-0.15, -0.1) is 0 Å². The third-order valence-electron chi connectivity index (χ3n) is 5.11. The summed E-state index contributed by atoms with van der Waals surface area (Å²) in [5, 5.41) is 0.255. The lowest BCUT2D eigenvalue weighted by atomic mass is 10.1. The number of benzene rings is 3. The van der Waals surface area contributed by atoms with Gasteiger partial charge in [-0.3, -0.25) is 4.79 Å². The van der Waals surface area contributed by atoms with E-state index in [0.717, 1.165) is 0 Å². The van der Waals surface area contributed by atoms with Crippen molar-refractivity contribution < 1.29 is 37.6 Å². The van der Waals surface area contributed by atoms with Crippen LogP contribution in [0.25, 0.3) is 11.0 Å². The zero-order valence-corrected chi connectivity index (χ0v) is 19.4. The van der Waals surface area contributed by atoms with Crippen LogP contribution in [0, 0.1) is 0 Å². The van der Waals surface area contributed by atoms with Crippen molar-refractivity contribution in [3.05, 3.63) is 76.6 Å². The Balaban J connectivity index is 1.60. The number of rotatable bonds is 8. The quantitative estimate of drug-likeness (QED) is 0.260. The van der Waals surface area contributed by atoms with E-state index in [1.807, 2.05) is 0 Å². The second kappa shape index (κ2) is 10.1. The number of esters is 1. The maximum absolute atomic E-state index is 12.9. The Bertz CT molecular complexity index is 1410. The van der Waals surface area contributed by atoms with Gasteiger partial charge in [-0.1, -0.05) is 12.1 Å². The zero-order chi connectivity index (χ0) is 24.9. The van der Waals surface area contributed by atoms with E-state index in [1.165, 1.54) is 65.0 Å². The molecule has 0 N–H and O–H groups in total. The van der Waals surface area contributed by atoms with Crippen LogP contribution in [0.2, 0.25) is 0 Å². The Labute approximate surface area is 200 Å². The number of para-hydroxylation sites is 2. The van der Waals surface area contributed by atoms with Crippen molar-refractivity contribution in [1.82, 2.24) is 0 Å². The van der Waals surface area contributed by atoms with Crippen molar-refractivity contribution in [3.8, 4) is 40.2 Å². The Hall–Kier alpha value is -4.66. The van der Waals surface area contributed by atoms with E-state index in [0.29, 0.717) is 28.7 Å². The van der Waals surface area contributed by atoms with Crippen LogP contribution in [0.4, 0.5) is 0 Å². The SMILES string of the molecule is COc1ccccc1Oc1coc2cc(OC(=O)c3cc(OC)c(OC)c(OC)c3)ccc2c1=O. The van der Waals surface area contributed by atoms with Gasteiger partial charge in [0.05, 0.1) is 39.4 Å². The average molecular weight is 478 g/mol. The van der Waals surface area contributed by atoms with Crippen molar-refractivity contribution in [2.75, 3.05) is 28.4 Å². The van der Waals surface area contributed by atoms with Crippen LogP contribution in [0.1, 0.15) is 10.4 Å². The predicted molar refractivity (Wildman–Crippen MR) is 127 cm³/mol. The lowest BCUT2D eigenvalue weighted by Gasteiger charge is -2.13. The molecule has 1 aromatic heterocycles. The van der Waals surface area contributed by atoms with Crippen LogP contribution in [-0.2, 0) is 0 Å². The third-order valence-corrected chi connectivity index (χ3v) is 5.11. The van der Waals surface area contributed by atoms with E-state index in [-0.39, 0.29) is 33.5 Å². The predicted octanol–water partition coefficient (Wildman–Crippen LogP) is 4.84. The highest BCUT2D eigenvalue weighted by Gasteiger charge is 2.19. The van der Waals surface area contributed by atoms with E-state index >= 15 is 0 Å². The Morgan fingerprint density at radius 1 is 0.743 bits per heavy atom. The fourth-order valence-electron chi connectivity index (χ4n) is 3.41. The highest BCUT2D eigenvalue weighted by molar-refractivity contribution is 5.93. The molecule has 0 bridgehead atoms. The second-order valence-corrected chi connectivity index (χ2v) is 7.14. The van der Waals surface area contributed by atoms with Gasteiger partial charge >= 0.3 is 5.97 Å². The minimum absolute atomic E-state index is 0.0100. The number of fused-ring (bicyclic) bond motifs is 1. The highest BCUT2D eigenvalue weighted by atomic mass is 16.5. The summed E-state index contributed by atoms with van der Waals surface area (Å²) in [7, 11) is 5.87. The first-order chi connectivity index (χ1) is 17.0. The van der Waals surface area contributed by atoms with Gasteiger partial charge in [0.2, 0.25) is 16.9 Å². The number of carbonyl (C=O) groups is 1. The minimum atomic E-state index is -0.665. The van der Waals surface area contributed by atoms with Crippen molar-refractivity contribution in [3.63, 3.8) is 0 Å². The van der Waals surface area contributed by atoms with Crippen LogP contribution in [-0.4, -0.2) is 34.4 Å². The van der Waals surface area contributed by atoms with Crippen molar-refractivity contribution >= 4 is 16.9 Å². The molecule has 0 aliphatic carbocycles. The monoisotopic (exact) mass is 478 g/mol. The summed E-state index contributed by atoms with van der Waals surface area (Å²) >= 11 is 0. The molecule has 4 aromatic rings. The van der Waals surface area contributed by atoms with Gasteiger partial charge in [-0.2, -0.15) is 0 Å². The maximum Gasteiger partial charge on any atom is 0.343 e. The van der Waals surface area contributed by atoms with E-state index in [2.05, 4.69) is 0 Å². The molecular formula is C26H22O9. The second-order valence-electron chi connectivity index (χ2n) is 7.14. The molecule has 0 spiro atoms. The molecule has 0 saturated carbocycles. The molecule has 0 saturated heterocycles. The van der Waals surface area contributed by atoms with Crippen molar-refractivity contribution in [1.29, 1.82) is 0 Å². The first-order valence-electron chi connectivity index (χ1n) is 10.4. The fourth-order valence-corrected chi connectivity index (χ4v) is 3.41. The van der Waals surface area contributed by atoms with Crippen molar-refractivity contribution in [2.24, 2.45) is 0 Å². The van der Waals surface area contributed by atoms with Gasteiger partial charge in [0.1, 0.15) is 17.6 Å². The third kappa shape index (κ3) is 4.70. The molecule has 0 atom stereocenters. The van der Waals surface area contributed by atoms with E-state index in [1.54, 1.807) is 24.3 Å². The molecule has 0 aliphatic rings. The van der Waals surface area contributed by atoms with Crippen LogP contribution in [0.15, 0.2) is 70.1 Å². The summed E-state index contributed by atoms with van der Waals surface area (Å²) in [6, 6.07) is 14.3. The molecule has 4 rings (SSSR count). The standard InChI is InChI=1S/C26H22O9/c1-29-18-7-5-6-8-19(18)35-23-14-33-20-13-16(9-10-17(20)24(23)27)34-26(28)15-11-21(30-2)25(32-4)22(12-15)31-3/h5-14H,1-4H3. The average Bonchev–Trinajstić information content (AvgIpc) is 2.89. The zero-order valence-electron chi connectivity index (χ0n) is 19.4. The van der Waals surface area contributed by atoms with Crippen LogP contribution in [0.3, 0.4) is 0 Å². The normalized spacial score (nSPS) is 10.5. The number of carbonyl (C=O) groups excluding carboxylic acids is 1. The molecule has 0 aliphatic heterocycles. The first kappa shape index (κ1) is 23.5. The van der Waals surface area contributed by atoms with Crippen molar-refractivity contribution in [2.45, 2.75) is 0 Å². The Morgan fingerprint density at radius 3 is 2.03 bits per heavy atom. The number of methoxy groups -OCH3 is 4. The number of hydrogen-bond donors (Lipinski definition) is 0. The smallest absolute Gasteiger partial charge is 0.343 e. The molecule has 9 heteroatoms. The first-order valence-corrected chi connectivity index (χ1v) is 10.4. The fraction of sp³-hybridized carbons (Fsp3) is 0.154. The largest absolute Gasteiger partial charge is 0.493 e. The highest BCUT2D eigenvalue weighted by Crippen LogP contribution is 2.38. The van der Waals surface area contributed by atoms with Crippen LogP contribution < -0.4 is 33.8 Å². The van der Waals surface area contributed by atoms with Gasteiger partial charge < -0.3 is 32.8 Å².